The minimum absolute atomic E-state index is 0.189. The lowest BCUT2D eigenvalue weighted by atomic mass is 9.66. The lowest BCUT2D eigenvalue weighted by Crippen LogP contribution is -2.56. The molecule has 1 N–H and O–H groups in total. The van der Waals surface area contributed by atoms with Gasteiger partial charge in [-0.2, -0.15) is 0 Å². The molecule has 2 aromatic carbocycles. The van der Waals surface area contributed by atoms with Crippen molar-refractivity contribution in [2.24, 2.45) is 16.3 Å². The molecule has 4 rings (SSSR count). The van der Waals surface area contributed by atoms with E-state index < -0.39 is 0 Å². The summed E-state index contributed by atoms with van der Waals surface area (Å²) < 4.78 is 0. The van der Waals surface area contributed by atoms with Crippen LogP contribution in [0.15, 0.2) is 59.6 Å². The van der Waals surface area contributed by atoms with Gasteiger partial charge >= 0.3 is 0 Å². The van der Waals surface area contributed by atoms with Gasteiger partial charge in [0.1, 0.15) is 11.4 Å². The van der Waals surface area contributed by atoms with Crippen LogP contribution in [0.3, 0.4) is 0 Å². The summed E-state index contributed by atoms with van der Waals surface area (Å²) in [5.74, 6) is 1.73. The minimum Gasteiger partial charge on any atom is -0.342 e. The highest BCUT2D eigenvalue weighted by Gasteiger charge is 2.51. The maximum absolute atomic E-state index is 5.79. The molecule has 152 valence electrons. The number of amidine groups is 1. The number of nitrogens with zero attached hydrogens (tertiary/aromatic N) is 2. The molecule has 1 aliphatic carbocycles. The summed E-state index contributed by atoms with van der Waals surface area (Å²) in [6.07, 6.45) is 4.48. The Morgan fingerprint density at radius 1 is 1.00 bits per heavy atom. The fourth-order valence-electron chi connectivity index (χ4n) is 4.81. The van der Waals surface area contributed by atoms with E-state index in [1.54, 1.807) is 0 Å². The van der Waals surface area contributed by atoms with E-state index in [1.807, 2.05) is 0 Å². The third-order valence-electron chi connectivity index (χ3n) is 6.63. The molecule has 1 aliphatic heterocycles. The lowest BCUT2D eigenvalue weighted by Gasteiger charge is -2.47. The van der Waals surface area contributed by atoms with E-state index in [9.17, 15) is 0 Å². The molecule has 0 bridgehead atoms. The standard InChI is InChI=1S/C25H31N3S/c1-18-10-12-20(13-11-18)26-22-25(16-14-19(15-17-25)24(2,3)4)28(23(29)27-22)21-8-6-5-7-9-21/h5-13,19H,14-17H2,1-4H3,(H,26,27,29). The number of aryl methyl sites for hydroxylation is 1. The predicted octanol–water partition coefficient (Wildman–Crippen LogP) is 6.59. The summed E-state index contributed by atoms with van der Waals surface area (Å²) in [4.78, 5) is 7.19. The van der Waals surface area contributed by atoms with E-state index in [0.29, 0.717) is 10.5 Å². The molecule has 1 saturated carbocycles. The van der Waals surface area contributed by atoms with Crippen molar-refractivity contribution < 1.29 is 0 Å². The maximum atomic E-state index is 5.79. The number of benzene rings is 2. The summed E-state index contributed by atoms with van der Waals surface area (Å²) in [5.41, 5.74) is 3.61. The summed E-state index contributed by atoms with van der Waals surface area (Å²) in [6.45, 7) is 9.20. The second kappa shape index (κ2) is 7.56. The molecule has 0 amide bonds. The minimum atomic E-state index is -0.189. The van der Waals surface area contributed by atoms with Gasteiger partial charge in [-0.1, -0.05) is 56.7 Å². The molecule has 0 atom stereocenters. The Morgan fingerprint density at radius 2 is 1.62 bits per heavy atom. The van der Waals surface area contributed by atoms with Crippen LogP contribution in [-0.4, -0.2) is 16.5 Å². The van der Waals surface area contributed by atoms with Gasteiger partial charge in [0, 0.05) is 11.4 Å². The largest absolute Gasteiger partial charge is 0.342 e. The predicted molar refractivity (Wildman–Crippen MR) is 128 cm³/mol. The highest BCUT2D eigenvalue weighted by Crippen LogP contribution is 2.47. The van der Waals surface area contributed by atoms with Crippen molar-refractivity contribution in [1.82, 2.24) is 0 Å². The zero-order valence-corrected chi connectivity index (χ0v) is 18.7. The Kier molecular flexibility index (Phi) is 5.24. The number of thiocarbonyl (C=S) groups is 1. The Labute approximate surface area is 180 Å². The lowest BCUT2D eigenvalue weighted by molar-refractivity contribution is 0.158. The van der Waals surface area contributed by atoms with E-state index >= 15 is 0 Å². The zero-order valence-electron chi connectivity index (χ0n) is 17.9. The number of rotatable bonds is 2. The summed E-state index contributed by atoms with van der Waals surface area (Å²) >= 11 is 5.79. The number of aliphatic imine (C=N–C) groups is 1. The highest BCUT2D eigenvalue weighted by molar-refractivity contribution is 7.80. The number of hydrogen-bond donors (Lipinski definition) is 1. The van der Waals surface area contributed by atoms with Crippen LogP contribution < -0.4 is 10.2 Å². The molecule has 1 spiro atoms. The van der Waals surface area contributed by atoms with Gasteiger partial charge in [0.05, 0.1) is 0 Å². The Bertz CT molecular complexity index is 901. The Balaban J connectivity index is 1.69. The normalized spacial score (nSPS) is 24.7. The molecule has 29 heavy (non-hydrogen) atoms. The average molecular weight is 406 g/mol. The molecule has 4 heteroatoms. The Hall–Kier alpha value is -2.20. The van der Waals surface area contributed by atoms with E-state index in [4.69, 9.17) is 17.2 Å². The summed E-state index contributed by atoms with van der Waals surface area (Å²) in [5, 5.41) is 4.30. The topological polar surface area (TPSA) is 27.6 Å². The second-order valence-electron chi connectivity index (χ2n) is 9.58. The zero-order chi connectivity index (χ0) is 20.6. The van der Waals surface area contributed by atoms with Crippen molar-refractivity contribution in [2.75, 3.05) is 10.2 Å². The quantitative estimate of drug-likeness (QED) is 0.571. The van der Waals surface area contributed by atoms with Gasteiger partial charge in [0.25, 0.3) is 0 Å². The van der Waals surface area contributed by atoms with Crippen molar-refractivity contribution in [3.8, 4) is 0 Å². The number of anilines is 2. The maximum Gasteiger partial charge on any atom is 0.202 e. The van der Waals surface area contributed by atoms with Crippen LogP contribution in [0.4, 0.5) is 11.4 Å². The molecular formula is C25H31N3S. The van der Waals surface area contributed by atoms with E-state index in [-0.39, 0.29) is 5.54 Å². The van der Waals surface area contributed by atoms with Crippen LogP contribution in [0.2, 0.25) is 0 Å². The SMILES string of the molecule is Cc1ccc(NC2=NC(=S)N(c3ccccc3)C23CCC(C(C)(C)C)CC3)cc1. The molecular weight excluding hydrogens is 374 g/mol. The highest BCUT2D eigenvalue weighted by atomic mass is 32.1. The van der Waals surface area contributed by atoms with E-state index in [2.05, 4.69) is 92.5 Å². The first-order valence-corrected chi connectivity index (χ1v) is 11.0. The monoisotopic (exact) mass is 405 g/mol. The van der Waals surface area contributed by atoms with Crippen LogP contribution in [0.1, 0.15) is 52.0 Å². The van der Waals surface area contributed by atoms with Crippen LogP contribution in [-0.2, 0) is 0 Å². The summed E-state index contributed by atoms with van der Waals surface area (Å²) in [6, 6.07) is 19.0. The van der Waals surface area contributed by atoms with Crippen LogP contribution in [0, 0.1) is 18.3 Å². The molecule has 2 aromatic rings. The molecule has 0 saturated heterocycles. The first-order valence-electron chi connectivity index (χ1n) is 10.6. The van der Waals surface area contributed by atoms with Crippen molar-refractivity contribution >= 4 is 34.5 Å². The molecule has 2 aliphatic rings. The van der Waals surface area contributed by atoms with Crippen molar-refractivity contribution in [3.63, 3.8) is 0 Å². The molecule has 1 heterocycles. The van der Waals surface area contributed by atoms with Gasteiger partial charge in [-0.05, 0) is 80.4 Å². The number of nitrogens with one attached hydrogen (secondary N) is 1. The van der Waals surface area contributed by atoms with Crippen LogP contribution in [0.5, 0.6) is 0 Å². The van der Waals surface area contributed by atoms with Gasteiger partial charge < -0.3 is 10.2 Å². The first-order chi connectivity index (χ1) is 13.8. The third kappa shape index (κ3) is 3.83. The third-order valence-corrected chi connectivity index (χ3v) is 6.91. The summed E-state index contributed by atoms with van der Waals surface area (Å²) in [7, 11) is 0. The van der Waals surface area contributed by atoms with Gasteiger partial charge in [-0.3, -0.25) is 0 Å². The second-order valence-corrected chi connectivity index (χ2v) is 9.94. The molecule has 3 nitrogen and oxygen atoms in total. The van der Waals surface area contributed by atoms with Crippen molar-refractivity contribution in [3.05, 3.63) is 60.2 Å². The smallest absolute Gasteiger partial charge is 0.202 e. The molecule has 1 fully saturated rings. The average Bonchev–Trinajstić information content (AvgIpc) is 2.94. The first kappa shape index (κ1) is 20.1. The van der Waals surface area contributed by atoms with E-state index in [1.165, 1.54) is 18.4 Å². The van der Waals surface area contributed by atoms with Gasteiger partial charge in [0.15, 0.2) is 0 Å². The molecule has 0 unspecified atom stereocenters. The molecule has 0 radical (unpaired) electrons. The van der Waals surface area contributed by atoms with Gasteiger partial charge in [0.2, 0.25) is 5.11 Å². The molecule has 0 aromatic heterocycles. The van der Waals surface area contributed by atoms with Crippen molar-refractivity contribution in [2.45, 2.75) is 58.9 Å². The van der Waals surface area contributed by atoms with Crippen LogP contribution in [0.25, 0.3) is 0 Å². The fraction of sp³-hybridized carbons (Fsp3) is 0.440. The fourth-order valence-corrected chi connectivity index (χ4v) is 5.18. The van der Waals surface area contributed by atoms with Crippen LogP contribution >= 0.6 is 12.2 Å². The van der Waals surface area contributed by atoms with Gasteiger partial charge in [-0.25, -0.2) is 4.99 Å². The Morgan fingerprint density at radius 3 is 2.21 bits per heavy atom. The van der Waals surface area contributed by atoms with E-state index in [0.717, 1.165) is 36.0 Å². The number of hydrogen-bond acceptors (Lipinski definition) is 2. The van der Waals surface area contributed by atoms with Gasteiger partial charge in [-0.15, -0.1) is 0 Å². The number of para-hydroxylation sites is 1. The van der Waals surface area contributed by atoms with Crippen molar-refractivity contribution in [1.29, 1.82) is 0 Å².